The summed E-state index contributed by atoms with van der Waals surface area (Å²) in [5, 5.41) is 4.24. The van der Waals surface area contributed by atoms with Crippen molar-refractivity contribution in [2.75, 3.05) is 0 Å². The zero-order chi connectivity index (χ0) is 14.8. The Kier molecular flexibility index (Phi) is 4.24. The molecule has 0 N–H and O–H groups in total. The molecule has 0 aliphatic rings. The van der Waals surface area contributed by atoms with Crippen LogP contribution in [0.15, 0.2) is 47.1 Å². The van der Waals surface area contributed by atoms with Gasteiger partial charge in [-0.2, -0.15) is 0 Å². The van der Waals surface area contributed by atoms with Gasteiger partial charge in [-0.1, -0.05) is 23.4 Å². The predicted octanol–water partition coefficient (Wildman–Crippen LogP) is 4.71. The number of aromatic nitrogens is 2. The van der Waals surface area contributed by atoms with Crippen molar-refractivity contribution in [3.05, 3.63) is 52.6 Å². The van der Waals surface area contributed by atoms with Crippen molar-refractivity contribution in [3.8, 4) is 0 Å². The van der Waals surface area contributed by atoms with E-state index >= 15 is 0 Å². The van der Waals surface area contributed by atoms with Crippen LogP contribution in [0.5, 0.6) is 0 Å². The molecule has 21 heavy (non-hydrogen) atoms. The van der Waals surface area contributed by atoms with Gasteiger partial charge in [-0.3, -0.25) is 4.79 Å². The molecule has 0 aliphatic heterocycles. The SMILES string of the molecule is C[C@@H](Sc1ncnc2sccc12)C(=O)c1ccc(Cl)cc1. The van der Waals surface area contributed by atoms with Crippen LogP contribution in [0.3, 0.4) is 0 Å². The molecule has 0 unspecified atom stereocenters. The molecule has 0 saturated carbocycles. The first-order chi connectivity index (χ1) is 10.1. The number of carbonyl (C=O) groups excluding carboxylic acids is 1. The van der Waals surface area contributed by atoms with Gasteiger partial charge in [0.15, 0.2) is 5.78 Å². The lowest BCUT2D eigenvalue weighted by atomic mass is 10.1. The fraction of sp³-hybridized carbons (Fsp3) is 0.133. The Morgan fingerprint density at radius 1 is 1.24 bits per heavy atom. The normalized spacial score (nSPS) is 12.5. The number of benzene rings is 1. The summed E-state index contributed by atoms with van der Waals surface area (Å²) in [7, 11) is 0. The van der Waals surface area contributed by atoms with Crippen LogP contribution in [0.4, 0.5) is 0 Å². The average molecular weight is 335 g/mol. The number of halogens is 1. The Morgan fingerprint density at radius 3 is 2.76 bits per heavy atom. The molecule has 6 heteroatoms. The predicted molar refractivity (Wildman–Crippen MR) is 88.5 cm³/mol. The Hall–Kier alpha value is -1.43. The largest absolute Gasteiger partial charge is 0.293 e. The highest BCUT2D eigenvalue weighted by atomic mass is 35.5. The highest BCUT2D eigenvalue weighted by Gasteiger charge is 2.18. The number of Topliss-reactive ketones (excluding diaryl/α,β-unsaturated/α-hetero) is 1. The van der Waals surface area contributed by atoms with Gasteiger partial charge in [0.1, 0.15) is 16.2 Å². The third-order valence-corrected chi connectivity index (χ3v) is 5.20. The van der Waals surface area contributed by atoms with Crippen LogP contribution < -0.4 is 0 Å². The average Bonchev–Trinajstić information content (AvgIpc) is 2.97. The van der Waals surface area contributed by atoms with Crippen molar-refractivity contribution in [1.29, 1.82) is 0 Å². The number of rotatable bonds is 4. The lowest BCUT2D eigenvalue weighted by molar-refractivity contribution is 0.0994. The van der Waals surface area contributed by atoms with Crippen molar-refractivity contribution in [1.82, 2.24) is 9.97 Å². The highest BCUT2D eigenvalue weighted by Crippen LogP contribution is 2.31. The van der Waals surface area contributed by atoms with Crippen LogP contribution in [0.25, 0.3) is 10.2 Å². The summed E-state index contributed by atoms with van der Waals surface area (Å²) in [6, 6.07) is 8.95. The number of thioether (sulfide) groups is 1. The summed E-state index contributed by atoms with van der Waals surface area (Å²) in [6.07, 6.45) is 1.54. The van der Waals surface area contributed by atoms with Gasteiger partial charge in [-0.25, -0.2) is 9.97 Å². The van der Waals surface area contributed by atoms with Gasteiger partial charge in [0.2, 0.25) is 0 Å². The van der Waals surface area contributed by atoms with Gasteiger partial charge in [-0.05, 0) is 42.6 Å². The maximum absolute atomic E-state index is 12.4. The third-order valence-electron chi connectivity index (χ3n) is 3.01. The van der Waals surface area contributed by atoms with Gasteiger partial charge >= 0.3 is 0 Å². The summed E-state index contributed by atoms with van der Waals surface area (Å²) < 4.78 is 0. The van der Waals surface area contributed by atoms with E-state index < -0.39 is 0 Å². The molecule has 0 spiro atoms. The maximum Gasteiger partial charge on any atom is 0.175 e. The molecular formula is C15H11ClN2OS2. The fourth-order valence-electron chi connectivity index (χ4n) is 1.93. The molecule has 2 heterocycles. The van der Waals surface area contributed by atoms with Gasteiger partial charge in [-0.15, -0.1) is 11.3 Å². The molecular weight excluding hydrogens is 324 g/mol. The van der Waals surface area contributed by atoms with E-state index in [4.69, 9.17) is 11.6 Å². The molecule has 0 bridgehead atoms. The molecule has 0 radical (unpaired) electrons. The minimum absolute atomic E-state index is 0.0682. The van der Waals surface area contributed by atoms with Crippen LogP contribution in [0.2, 0.25) is 5.02 Å². The van der Waals surface area contributed by atoms with Crippen molar-refractivity contribution < 1.29 is 4.79 Å². The van der Waals surface area contributed by atoms with Gasteiger partial charge in [0.25, 0.3) is 0 Å². The molecule has 0 saturated heterocycles. The van der Waals surface area contributed by atoms with Crippen LogP contribution >= 0.6 is 34.7 Å². The van der Waals surface area contributed by atoms with Crippen molar-refractivity contribution in [2.24, 2.45) is 0 Å². The van der Waals surface area contributed by atoms with Crippen LogP contribution in [0.1, 0.15) is 17.3 Å². The number of ketones is 1. The summed E-state index contributed by atoms with van der Waals surface area (Å²) in [4.78, 5) is 21.9. The third kappa shape index (κ3) is 3.10. The monoisotopic (exact) mass is 334 g/mol. The standard InChI is InChI=1S/C15H11ClN2OS2/c1-9(13(19)10-2-4-11(16)5-3-10)21-15-12-6-7-20-14(12)17-8-18-15/h2-9H,1H3/t9-/m1/s1. The first-order valence-corrected chi connectivity index (χ1v) is 8.43. The van der Waals surface area contributed by atoms with E-state index in [0.29, 0.717) is 10.6 Å². The van der Waals surface area contributed by atoms with Crippen LogP contribution in [0, 0.1) is 0 Å². The van der Waals surface area contributed by atoms with E-state index in [1.54, 1.807) is 41.9 Å². The van der Waals surface area contributed by atoms with E-state index in [-0.39, 0.29) is 11.0 Å². The maximum atomic E-state index is 12.4. The van der Waals surface area contributed by atoms with E-state index in [1.165, 1.54) is 11.8 Å². The smallest absolute Gasteiger partial charge is 0.175 e. The molecule has 106 valence electrons. The van der Waals surface area contributed by atoms with E-state index in [9.17, 15) is 4.79 Å². The summed E-state index contributed by atoms with van der Waals surface area (Å²) >= 11 is 8.88. The summed E-state index contributed by atoms with van der Waals surface area (Å²) in [5.74, 6) is 0.0682. The lowest BCUT2D eigenvalue weighted by Crippen LogP contribution is -2.13. The summed E-state index contributed by atoms with van der Waals surface area (Å²) in [6.45, 7) is 1.89. The van der Waals surface area contributed by atoms with E-state index in [1.807, 2.05) is 18.4 Å². The van der Waals surface area contributed by atoms with Gasteiger partial charge in [0.05, 0.1) is 5.25 Å². The van der Waals surface area contributed by atoms with Crippen molar-refractivity contribution in [2.45, 2.75) is 17.2 Å². The number of carbonyl (C=O) groups is 1. The number of fused-ring (bicyclic) bond motifs is 1. The Morgan fingerprint density at radius 2 is 2.00 bits per heavy atom. The highest BCUT2D eigenvalue weighted by molar-refractivity contribution is 8.00. The molecule has 3 nitrogen and oxygen atoms in total. The zero-order valence-corrected chi connectivity index (χ0v) is 13.5. The first-order valence-electron chi connectivity index (χ1n) is 6.30. The fourth-order valence-corrected chi connectivity index (χ4v) is 3.83. The minimum atomic E-state index is -0.218. The Balaban J connectivity index is 1.82. The zero-order valence-electron chi connectivity index (χ0n) is 11.1. The Bertz CT molecular complexity index is 786. The topological polar surface area (TPSA) is 42.9 Å². The number of hydrogen-bond donors (Lipinski definition) is 0. The molecule has 2 aromatic heterocycles. The van der Waals surface area contributed by atoms with Gasteiger partial charge < -0.3 is 0 Å². The van der Waals surface area contributed by atoms with Crippen LogP contribution in [-0.4, -0.2) is 21.0 Å². The van der Waals surface area contributed by atoms with E-state index in [0.717, 1.165) is 15.2 Å². The number of thiophene rings is 1. The second kappa shape index (κ2) is 6.13. The Labute approximate surface area is 135 Å². The quantitative estimate of drug-likeness (QED) is 0.394. The molecule has 1 atom stereocenters. The molecule has 3 aromatic rings. The number of hydrogen-bond acceptors (Lipinski definition) is 5. The minimum Gasteiger partial charge on any atom is -0.293 e. The van der Waals surface area contributed by atoms with Crippen molar-refractivity contribution in [3.63, 3.8) is 0 Å². The van der Waals surface area contributed by atoms with Crippen LogP contribution in [-0.2, 0) is 0 Å². The van der Waals surface area contributed by atoms with Crippen molar-refractivity contribution >= 4 is 50.7 Å². The lowest BCUT2D eigenvalue weighted by Gasteiger charge is -2.10. The van der Waals surface area contributed by atoms with E-state index in [2.05, 4.69) is 9.97 Å². The second-order valence-electron chi connectivity index (χ2n) is 4.45. The summed E-state index contributed by atoms with van der Waals surface area (Å²) in [5.41, 5.74) is 0.662. The molecule has 3 rings (SSSR count). The first kappa shape index (κ1) is 14.5. The second-order valence-corrected chi connectivity index (χ2v) is 7.11. The number of nitrogens with zero attached hydrogens (tertiary/aromatic N) is 2. The molecule has 0 fully saturated rings. The molecule has 0 aliphatic carbocycles. The van der Waals surface area contributed by atoms with Gasteiger partial charge in [0, 0.05) is 16.0 Å². The molecule has 0 amide bonds. The molecule has 1 aromatic carbocycles.